The van der Waals surface area contributed by atoms with Crippen molar-refractivity contribution in [2.45, 2.75) is 32.4 Å². The second-order valence-corrected chi connectivity index (χ2v) is 6.26. The van der Waals surface area contributed by atoms with E-state index in [0.717, 1.165) is 27.7 Å². The summed E-state index contributed by atoms with van der Waals surface area (Å²) in [6.07, 6.45) is 2.50. The molecule has 0 saturated heterocycles. The standard InChI is InChI=1S/C14H15N3O2S/c1-9-14(10-3-2-4-12(7-10)17(18)19)16-13(20-9)8-15-11-5-6-11/h2-4,7,11,15H,5-6,8H2,1H3. The third kappa shape index (κ3) is 2.86. The molecule has 6 heteroatoms. The van der Waals surface area contributed by atoms with Crippen LogP contribution in [0.1, 0.15) is 22.7 Å². The van der Waals surface area contributed by atoms with Crippen molar-refractivity contribution in [2.24, 2.45) is 0 Å². The molecule has 1 aliphatic carbocycles. The van der Waals surface area contributed by atoms with Gasteiger partial charge in [-0.05, 0) is 19.8 Å². The Morgan fingerprint density at radius 3 is 3.00 bits per heavy atom. The van der Waals surface area contributed by atoms with Gasteiger partial charge in [-0.15, -0.1) is 11.3 Å². The molecule has 1 aromatic carbocycles. The number of aromatic nitrogens is 1. The molecule has 20 heavy (non-hydrogen) atoms. The summed E-state index contributed by atoms with van der Waals surface area (Å²) < 4.78 is 0. The Hall–Kier alpha value is -1.79. The monoisotopic (exact) mass is 289 g/mol. The molecule has 0 unspecified atom stereocenters. The number of rotatable bonds is 5. The lowest BCUT2D eigenvalue weighted by molar-refractivity contribution is -0.384. The number of thiazole rings is 1. The first-order valence-corrected chi connectivity index (χ1v) is 7.39. The summed E-state index contributed by atoms with van der Waals surface area (Å²) in [5, 5.41) is 15.3. The third-order valence-electron chi connectivity index (χ3n) is 3.29. The first kappa shape index (κ1) is 13.2. The molecule has 2 aromatic rings. The maximum atomic E-state index is 10.8. The molecule has 0 amide bonds. The van der Waals surface area contributed by atoms with Crippen molar-refractivity contribution < 1.29 is 4.92 Å². The Kier molecular flexibility index (Phi) is 3.50. The van der Waals surface area contributed by atoms with Gasteiger partial charge in [0, 0.05) is 35.2 Å². The van der Waals surface area contributed by atoms with Crippen molar-refractivity contribution in [3.63, 3.8) is 0 Å². The summed E-state index contributed by atoms with van der Waals surface area (Å²) >= 11 is 1.65. The number of nitro groups is 1. The molecule has 3 rings (SSSR count). The maximum absolute atomic E-state index is 10.8. The van der Waals surface area contributed by atoms with Crippen LogP contribution in [0.3, 0.4) is 0 Å². The van der Waals surface area contributed by atoms with Crippen molar-refractivity contribution in [3.8, 4) is 11.3 Å². The van der Waals surface area contributed by atoms with E-state index in [1.165, 1.54) is 18.9 Å². The number of nitrogens with zero attached hydrogens (tertiary/aromatic N) is 2. The topological polar surface area (TPSA) is 68.1 Å². The van der Waals surface area contributed by atoms with Crippen LogP contribution in [-0.2, 0) is 6.54 Å². The van der Waals surface area contributed by atoms with E-state index in [4.69, 9.17) is 0 Å². The molecule has 0 aliphatic heterocycles. The zero-order valence-corrected chi connectivity index (χ0v) is 11.9. The Morgan fingerprint density at radius 1 is 1.50 bits per heavy atom. The Bertz CT molecular complexity index is 650. The molecule has 1 saturated carbocycles. The molecule has 1 N–H and O–H groups in total. The van der Waals surface area contributed by atoms with E-state index in [1.54, 1.807) is 23.5 Å². The van der Waals surface area contributed by atoms with E-state index >= 15 is 0 Å². The van der Waals surface area contributed by atoms with Crippen LogP contribution in [0.25, 0.3) is 11.3 Å². The molecular weight excluding hydrogens is 274 g/mol. The third-order valence-corrected chi connectivity index (χ3v) is 4.26. The van der Waals surface area contributed by atoms with Crippen molar-refractivity contribution in [2.75, 3.05) is 0 Å². The van der Waals surface area contributed by atoms with Gasteiger partial charge in [0.1, 0.15) is 5.01 Å². The SMILES string of the molecule is Cc1sc(CNC2CC2)nc1-c1cccc([N+](=O)[O-])c1. The molecule has 1 fully saturated rings. The number of nitrogens with one attached hydrogen (secondary N) is 1. The van der Waals surface area contributed by atoms with Crippen molar-refractivity contribution in [1.82, 2.24) is 10.3 Å². The zero-order valence-electron chi connectivity index (χ0n) is 11.1. The molecule has 5 nitrogen and oxygen atoms in total. The van der Waals surface area contributed by atoms with Crippen molar-refractivity contribution >= 4 is 17.0 Å². The van der Waals surface area contributed by atoms with Gasteiger partial charge in [-0.3, -0.25) is 10.1 Å². The van der Waals surface area contributed by atoms with Gasteiger partial charge in [0.15, 0.2) is 0 Å². The van der Waals surface area contributed by atoms with E-state index in [9.17, 15) is 10.1 Å². The molecule has 0 atom stereocenters. The maximum Gasteiger partial charge on any atom is 0.270 e. The van der Waals surface area contributed by atoms with Crippen LogP contribution in [0.5, 0.6) is 0 Å². The van der Waals surface area contributed by atoms with Crippen LogP contribution in [0, 0.1) is 17.0 Å². The second kappa shape index (κ2) is 5.30. The van der Waals surface area contributed by atoms with E-state index in [1.807, 2.05) is 13.0 Å². The zero-order chi connectivity index (χ0) is 14.1. The predicted molar refractivity (Wildman–Crippen MR) is 78.8 cm³/mol. The fourth-order valence-corrected chi connectivity index (χ4v) is 2.99. The molecule has 0 spiro atoms. The summed E-state index contributed by atoms with van der Waals surface area (Å²) in [6, 6.07) is 7.31. The Balaban J connectivity index is 1.84. The highest BCUT2D eigenvalue weighted by atomic mass is 32.1. The minimum Gasteiger partial charge on any atom is -0.308 e. The van der Waals surface area contributed by atoms with Gasteiger partial charge in [-0.25, -0.2) is 4.98 Å². The van der Waals surface area contributed by atoms with Gasteiger partial charge in [0.2, 0.25) is 0 Å². The van der Waals surface area contributed by atoms with Gasteiger partial charge in [-0.1, -0.05) is 12.1 Å². The minimum absolute atomic E-state index is 0.104. The lowest BCUT2D eigenvalue weighted by atomic mass is 10.1. The summed E-state index contributed by atoms with van der Waals surface area (Å²) in [5.74, 6) is 0. The van der Waals surface area contributed by atoms with E-state index < -0.39 is 0 Å². The fourth-order valence-electron chi connectivity index (χ4n) is 2.08. The molecule has 0 bridgehead atoms. The highest BCUT2D eigenvalue weighted by Gasteiger charge is 2.21. The van der Waals surface area contributed by atoms with Gasteiger partial charge < -0.3 is 5.32 Å². The minimum atomic E-state index is -0.374. The Labute approximate surface area is 120 Å². The summed E-state index contributed by atoms with van der Waals surface area (Å²) in [6.45, 7) is 2.79. The molecule has 104 valence electrons. The second-order valence-electron chi connectivity index (χ2n) is 4.98. The average Bonchev–Trinajstić information content (AvgIpc) is 3.19. The number of benzene rings is 1. The lowest BCUT2D eigenvalue weighted by Gasteiger charge is -1.99. The van der Waals surface area contributed by atoms with Gasteiger partial charge in [0.05, 0.1) is 10.6 Å². The normalized spacial score (nSPS) is 14.4. The molecule has 1 heterocycles. The van der Waals surface area contributed by atoms with E-state index in [2.05, 4.69) is 10.3 Å². The first-order valence-electron chi connectivity index (χ1n) is 6.58. The number of aryl methyl sites for hydroxylation is 1. The average molecular weight is 289 g/mol. The van der Waals surface area contributed by atoms with Crippen LogP contribution in [-0.4, -0.2) is 15.9 Å². The van der Waals surface area contributed by atoms with Crippen LogP contribution in [0.15, 0.2) is 24.3 Å². The van der Waals surface area contributed by atoms with Gasteiger partial charge in [0.25, 0.3) is 5.69 Å². The van der Waals surface area contributed by atoms with Crippen LogP contribution >= 0.6 is 11.3 Å². The smallest absolute Gasteiger partial charge is 0.270 e. The highest BCUT2D eigenvalue weighted by molar-refractivity contribution is 7.12. The molecule has 1 aliphatic rings. The summed E-state index contributed by atoms with van der Waals surface area (Å²) in [4.78, 5) is 16.2. The predicted octanol–water partition coefficient (Wildman–Crippen LogP) is 3.28. The van der Waals surface area contributed by atoms with Gasteiger partial charge >= 0.3 is 0 Å². The number of hydrogen-bond acceptors (Lipinski definition) is 5. The molecule has 0 radical (unpaired) electrons. The number of hydrogen-bond donors (Lipinski definition) is 1. The largest absolute Gasteiger partial charge is 0.308 e. The van der Waals surface area contributed by atoms with E-state index in [0.29, 0.717) is 6.04 Å². The van der Waals surface area contributed by atoms with Crippen LogP contribution in [0.2, 0.25) is 0 Å². The summed E-state index contributed by atoms with van der Waals surface area (Å²) in [5.41, 5.74) is 1.77. The Morgan fingerprint density at radius 2 is 2.30 bits per heavy atom. The highest BCUT2D eigenvalue weighted by Crippen LogP contribution is 2.30. The van der Waals surface area contributed by atoms with E-state index in [-0.39, 0.29) is 10.6 Å². The van der Waals surface area contributed by atoms with Gasteiger partial charge in [-0.2, -0.15) is 0 Å². The van der Waals surface area contributed by atoms with Crippen molar-refractivity contribution in [1.29, 1.82) is 0 Å². The summed E-state index contributed by atoms with van der Waals surface area (Å²) in [7, 11) is 0. The lowest BCUT2D eigenvalue weighted by Crippen LogP contribution is -2.14. The fraction of sp³-hybridized carbons (Fsp3) is 0.357. The number of nitro benzene ring substituents is 1. The molecular formula is C14H15N3O2S. The number of non-ortho nitro benzene ring substituents is 1. The van der Waals surface area contributed by atoms with Crippen LogP contribution < -0.4 is 5.32 Å². The first-order chi connectivity index (χ1) is 9.63. The quantitative estimate of drug-likeness (QED) is 0.677. The van der Waals surface area contributed by atoms with Crippen molar-refractivity contribution in [3.05, 3.63) is 44.3 Å². The molecule has 1 aromatic heterocycles. The van der Waals surface area contributed by atoms with Crippen LogP contribution in [0.4, 0.5) is 5.69 Å².